The molecule has 0 aliphatic rings. The van der Waals surface area contributed by atoms with E-state index in [0.29, 0.717) is 12.8 Å². The summed E-state index contributed by atoms with van der Waals surface area (Å²) in [5.74, 6) is 0.726. The Balaban J connectivity index is 1.91. The van der Waals surface area contributed by atoms with Crippen molar-refractivity contribution < 1.29 is 9.53 Å². The maximum Gasteiger partial charge on any atom is 0.240 e. The molecule has 23 heavy (non-hydrogen) atoms. The maximum atomic E-state index is 11.9. The zero-order valence-electron chi connectivity index (χ0n) is 13.6. The standard InChI is InChI=1S/C19H22N2O2/c1-3-18(16-10-12-17(23-2)13-11-16)20-21-19(22)14-9-15-7-5-4-6-8-15/h4-8,10-13H,3,9,14H2,1-2H3,(H,21,22)/b20-18+. The lowest BCUT2D eigenvalue weighted by molar-refractivity contribution is -0.121. The summed E-state index contributed by atoms with van der Waals surface area (Å²) in [5.41, 5.74) is 5.63. The molecule has 0 atom stereocenters. The van der Waals surface area contributed by atoms with Gasteiger partial charge in [0.25, 0.3) is 0 Å². The Morgan fingerprint density at radius 1 is 1.09 bits per heavy atom. The van der Waals surface area contributed by atoms with E-state index in [1.807, 2.05) is 61.5 Å². The van der Waals surface area contributed by atoms with Gasteiger partial charge in [0.1, 0.15) is 5.75 Å². The monoisotopic (exact) mass is 310 g/mol. The molecule has 0 aliphatic carbocycles. The number of carbonyl (C=O) groups is 1. The molecule has 120 valence electrons. The highest BCUT2D eigenvalue weighted by Gasteiger charge is 2.05. The highest BCUT2D eigenvalue weighted by molar-refractivity contribution is 6.01. The number of ether oxygens (including phenoxy) is 1. The van der Waals surface area contributed by atoms with Crippen LogP contribution in [0.5, 0.6) is 5.75 Å². The van der Waals surface area contributed by atoms with Crippen LogP contribution in [-0.4, -0.2) is 18.7 Å². The summed E-state index contributed by atoms with van der Waals surface area (Å²) in [6, 6.07) is 17.6. The first-order valence-corrected chi connectivity index (χ1v) is 7.76. The predicted molar refractivity (Wildman–Crippen MR) is 92.7 cm³/mol. The van der Waals surface area contributed by atoms with Gasteiger partial charge in [0.15, 0.2) is 0 Å². The number of nitrogens with one attached hydrogen (secondary N) is 1. The van der Waals surface area contributed by atoms with Crippen LogP contribution >= 0.6 is 0 Å². The molecule has 0 heterocycles. The number of methoxy groups -OCH3 is 1. The summed E-state index contributed by atoms with van der Waals surface area (Å²) in [6.45, 7) is 2.01. The van der Waals surface area contributed by atoms with E-state index in [1.54, 1.807) is 7.11 Å². The van der Waals surface area contributed by atoms with Crippen molar-refractivity contribution in [3.05, 3.63) is 65.7 Å². The van der Waals surface area contributed by atoms with Crippen LogP contribution in [0.3, 0.4) is 0 Å². The first kappa shape index (κ1) is 16.7. The van der Waals surface area contributed by atoms with Crippen LogP contribution in [0.25, 0.3) is 0 Å². The number of hydrogen-bond acceptors (Lipinski definition) is 3. The molecule has 0 saturated heterocycles. The quantitative estimate of drug-likeness (QED) is 0.628. The number of benzene rings is 2. The lowest BCUT2D eigenvalue weighted by Gasteiger charge is -2.06. The van der Waals surface area contributed by atoms with Gasteiger partial charge in [-0.2, -0.15) is 5.10 Å². The van der Waals surface area contributed by atoms with Gasteiger partial charge in [-0.05, 0) is 48.2 Å². The van der Waals surface area contributed by atoms with Crippen molar-refractivity contribution in [2.75, 3.05) is 7.11 Å². The number of amides is 1. The fourth-order valence-electron chi connectivity index (χ4n) is 2.22. The minimum absolute atomic E-state index is 0.0756. The van der Waals surface area contributed by atoms with Crippen molar-refractivity contribution >= 4 is 11.6 Å². The maximum absolute atomic E-state index is 11.9. The molecule has 0 fully saturated rings. The molecule has 0 saturated carbocycles. The molecular formula is C19H22N2O2. The molecule has 2 aromatic rings. The van der Waals surface area contributed by atoms with Crippen molar-refractivity contribution in [3.63, 3.8) is 0 Å². The number of hydrazone groups is 1. The fraction of sp³-hybridized carbons (Fsp3) is 0.263. The van der Waals surface area contributed by atoms with Crippen molar-refractivity contribution in [2.45, 2.75) is 26.2 Å². The molecule has 2 aromatic carbocycles. The van der Waals surface area contributed by atoms with Crippen LogP contribution in [0.1, 0.15) is 30.9 Å². The Labute approximate surface area is 137 Å². The lowest BCUT2D eigenvalue weighted by Crippen LogP contribution is -2.20. The molecule has 2 rings (SSSR count). The van der Waals surface area contributed by atoms with Gasteiger partial charge >= 0.3 is 0 Å². The molecule has 0 aromatic heterocycles. The topological polar surface area (TPSA) is 50.7 Å². The number of nitrogens with zero attached hydrogens (tertiary/aromatic N) is 1. The average molecular weight is 310 g/mol. The molecule has 1 amide bonds. The van der Waals surface area contributed by atoms with Gasteiger partial charge < -0.3 is 4.74 Å². The van der Waals surface area contributed by atoms with E-state index in [-0.39, 0.29) is 5.91 Å². The van der Waals surface area contributed by atoms with Gasteiger partial charge in [-0.15, -0.1) is 0 Å². The smallest absolute Gasteiger partial charge is 0.240 e. The van der Waals surface area contributed by atoms with Crippen LogP contribution in [0, 0.1) is 0 Å². The Kier molecular flexibility index (Phi) is 6.36. The van der Waals surface area contributed by atoms with Crippen LogP contribution < -0.4 is 10.2 Å². The van der Waals surface area contributed by atoms with E-state index in [9.17, 15) is 4.79 Å². The predicted octanol–water partition coefficient (Wildman–Crippen LogP) is 3.56. The molecule has 1 N–H and O–H groups in total. The number of aryl methyl sites for hydroxylation is 1. The summed E-state index contributed by atoms with van der Waals surface area (Å²) in [4.78, 5) is 11.9. The van der Waals surface area contributed by atoms with E-state index in [0.717, 1.165) is 29.0 Å². The first-order chi connectivity index (χ1) is 11.2. The largest absolute Gasteiger partial charge is 0.497 e. The third kappa shape index (κ3) is 5.25. The Bertz CT molecular complexity index is 649. The molecule has 4 nitrogen and oxygen atoms in total. The summed E-state index contributed by atoms with van der Waals surface area (Å²) in [7, 11) is 1.64. The molecule has 0 spiro atoms. The van der Waals surface area contributed by atoms with Gasteiger partial charge in [-0.25, -0.2) is 5.43 Å². The second-order valence-electron chi connectivity index (χ2n) is 5.16. The van der Waals surface area contributed by atoms with Crippen LogP contribution in [0.4, 0.5) is 0 Å². The molecule has 4 heteroatoms. The number of hydrogen-bond donors (Lipinski definition) is 1. The van der Waals surface area contributed by atoms with Gasteiger partial charge in [0.05, 0.1) is 12.8 Å². The van der Waals surface area contributed by atoms with Crippen LogP contribution in [-0.2, 0) is 11.2 Å². The summed E-state index contributed by atoms with van der Waals surface area (Å²) < 4.78 is 5.15. The Morgan fingerprint density at radius 2 is 1.78 bits per heavy atom. The van der Waals surface area contributed by atoms with E-state index < -0.39 is 0 Å². The zero-order chi connectivity index (χ0) is 16.5. The molecule has 0 aliphatic heterocycles. The van der Waals surface area contributed by atoms with Crippen molar-refractivity contribution in [1.29, 1.82) is 0 Å². The summed E-state index contributed by atoms with van der Waals surface area (Å²) in [6.07, 6.45) is 1.88. The zero-order valence-corrected chi connectivity index (χ0v) is 13.6. The van der Waals surface area contributed by atoms with Gasteiger partial charge in [0, 0.05) is 6.42 Å². The van der Waals surface area contributed by atoms with E-state index in [4.69, 9.17) is 4.74 Å². The lowest BCUT2D eigenvalue weighted by atomic mass is 10.1. The minimum atomic E-state index is -0.0756. The molecule has 0 radical (unpaired) electrons. The minimum Gasteiger partial charge on any atom is -0.497 e. The molecular weight excluding hydrogens is 288 g/mol. The van der Waals surface area contributed by atoms with E-state index in [1.165, 1.54) is 0 Å². The summed E-state index contributed by atoms with van der Waals surface area (Å²) in [5, 5.41) is 4.26. The fourth-order valence-corrected chi connectivity index (χ4v) is 2.22. The Hall–Kier alpha value is -2.62. The van der Waals surface area contributed by atoms with Gasteiger partial charge in [-0.3, -0.25) is 4.79 Å². The van der Waals surface area contributed by atoms with E-state index in [2.05, 4.69) is 10.5 Å². The highest BCUT2D eigenvalue weighted by Crippen LogP contribution is 2.13. The average Bonchev–Trinajstić information content (AvgIpc) is 2.62. The van der Waals surface area contributed by atoms with Crippen molar-refractivity contribution in [3.8, 4) is 5.75 Å². The Morgan fingerprint density at radius 3 is 2.39 bits per heavy atom. The third-order valence-electron chi connectivity index (χ3n) is 3.56. The summed E-state index contributed by atoms with van der Waals surface area (Å²) >= 11 is 0. The SMILES string of the molecule is CC/C(=N\NC(=O)CCc1ccccc1)c1ccc(OC)cc1. The van der Waals surface area contributed by atoms with E-state index >= 15 is 0 Å². The molecule has 0 bridgehead atoms. The van der Waals surface area contributed by atoms with Crippen LogP contribution in [0.15, 0.2) is 59.7 Å². The van der Waals surface area contributed by atoms with Gasteiger partial charge in [0.2, 0.25) is 5.91 Å². The van der Waals surface area contributed by atoms with Crippen molar-refractivity contribution in [2.24, 2.45) is 5.10 Å². The normalized spacial score (nSPS) is 11.1. The molecule has 0 unspecified atom stereocenters. The van der Waals surface area contributed by atoms with Gasteiger partial charge in [-0.1, -0.05) is 37.3 Å². The third-order valence-corrected chi connectivity index (χ3v) is 3.56. The first-order valence-electron chi connectivity index (χ1n) is 7.76. The second-order valence-corrected chi connectivity index (χ2v) is 5.16. The van der Waals surface area contributed by atoms with Crippen molar-refractivity contribution in [1.82, 2.24) is 5.43 Å². The number of carbonyl (C=O) groups excluding carboxylic acids is 1. The number of rotatable bonds is 7. The highest BCUT2D eigenvalue weighted by atomic mass is 16.5. The van der Waals surface area contributed by atoms with Crippen LogP contribution in [0.2, 0.25) is 0 Å². The second kappa shape index (κ2) is 8.73.